The first-order valence-electron chi connectivity index (χ1n) is 15.4. The average molecular weight is 545 g/mol. The summed E-state index contributed by atoms with van der Waals surface area (Å²) in [6.45, 7) is 2.85. The molecule has 0 unspecified atom stereocenters. The first kappa shape index (κ1) is 30.1. The van der Waals surface area contributed by atoms with Gasteiger partial charge in [0.2, 0.25) is 0 Å². The van der Waals surface area contributed by atoms with Crippen LogP contribution >= 0.6 is 0 Å². The zero-order chi connectivity index (χ0) is 28.5. The summed E-state index contributed by atoms with van der Waals surface area (Å²) >= 11 is 0. The normalized spacial score (nSPS) is 11.4. The topological polar surface area (TPSA) is 26.3 Å². The van der Waals surface area contributed by atoms with Gasteiger partial charge in [-0.2, -0.15) is 0 Å². The predicted octanol–water partition coefficient (Wildman–Crippen LogP) is 10.5. The lowest BCUT2D eigenvalue weighted by molar-refractivity contribution is 0.103. The minimum absolute atomic E-state index is 0.0462. The van der Waals surface area contributed by atoms with Crippen molar-refractivity contribution in [3.05, 3.63) is 143 Å². The number of hydrogen-bond donors (Lipinski definition) is 0. The molecular formula is C39H44O2. The van der Waals surface area contributed by atoms with Gasteiger partial charge in [0.15, 0.2) is 5.78 Å². The Hall–Kier alpha value is -3.91. The van der Waals surface area contributed by atoms with E-state index in [2.05, 4.69) is 67.6 Å². The third-order valence-electron chi connectivity index (χ3n) is 7.67. The van der Waals surface area contributed by atoms with Gasteiger partial charge in [0.1, 0.15) is 5.75 Å². The van der Waals surface area contributed by atoms with Crippen LogP contribution in [-0.2, 0) is 6.42 Å². The summed E-state index contributed by atoms with van der Waals surface area (Å²) < 4.78 is 5.88. The van der Waals surface area contributed by atoms with E-state index >= 15 is 0 Å². The third kappa shape index (κ3) is 9.90. The van der Waals surface area contributed by atoms with Crippen LogP contribution in [0.25, 0.3) is 5.57 Å². The molecule has 41 heavy (non-hydrogen) atoms. The molecule has 4 aromatic carbocycles. The monoisotopic (exact) mass is 544 g/mol. The molecule has 0 fully saturated rings. The Morgan fingerprint density at radius 3 is 1.59 bits per heavy atom. The molecule has 4 rings (SSSR count). The maximum absolute atomic E-state index is 12.5. The maximum atomic E-state index is 12.5. The van der Waals surface area contributed by atoms with Crippen LogP contribution in [-0.4, -0.2) is 12.4 Å². The van der Waals surface area contributed by atoms with Gasteiger partial charge >= 0.3 is 0 Å². The van der Waals surface area contributed by atoms with Crippen molar-refractivity contribution in [2.75, 3.05) is 6.61 Å². The van der Waals surface area contributed by atoms with E-state index in [0.717, 1.165) is 18.8 Å². The molecule has 0 radical (unpaired) electrons. The van der Waals surface area contributed by atoms with Crippen LogP contribution in [0.5, 0.6) is 5.75 Å². The Balaban J connectivity index is 0.998. The first-order valence-corrected chi connectivity index (χ1v) is 15.4. The van der Waals surface area contributed by atoms with Crippen molar-refractivity contribution in [3.8, 4) is 5.75 Å². The van der Waals surface area contributed by atoms with Gasteiger partial charge in [-0.3, -0.25) is 4.79 Å². The molecule has 0 heterocycles. The van der Waals surface area contributed by atoms with E-state index in [0.29, 0.717) is 11.1 Å². The summed E-state index contributed by atoms with van der Waals surface area (Å²) in [5.74, 6) is 0.880. The Morgan fingerprint density at radius 2 is 1.00 bits per heavy atom. The summed E-state index contributed by atoms with van der Waals surface area (Å²) in [6.07, 6.45) is 14.8. The van der Waals surface area contributed by atoms with E-state index in [9.17, 15) is 4.79 Å². The largest absolute Gasteiger partial charge is 0.494 e. The van der Waals surface area contributed by atoms with Gasteiger partial charge in [-0.25, -0.2) is 0 Å². The van der Waals surface area contributed by atoms with E-state index in [1.165, 1.54) is 80.1 Å². The van der Waals surface area contributed by atoms with Crippen LogP contribution in [0.2, 0.25) is 0 Å². The number of carbonyl (C=O) groups excluding carboxylic acids is 1. The molecule has 4 aromatic rings. The van der Waals surface area contributed by atoms with Crippen molar-refractivity contribution >= 4 is 11.4 Å². The molecule has 0 atom stereocenters. The number of unbranched alkanes of at least 4 members (excludes halogenated alkanes) is 8. The molecule has 0 amide bonds. The number of rotatable bonds is 17. The van der Waals surface area contributed by atoms with Gasteiger partial charge in [0.05, 0.1) is 6.61 Å². The number of benzene rings is 4. The molecule has 212 valence electrons. The number of allylic oxidation sites excluding steroid dienone is 1. The number of ketones is 1. The van der Waals surface area contributed by atoms with Gasteiger partial charge < -0.3 is 4.74 Å². The molecule has 0 aromatic heterocycles. The van der Waals surface area contributed by atoms with Crippen molar-refractivity contribution in [2.24, 2.45) is 0 Å². The zero-order valence-electron chi connectivity index (χ0n) is 24.6. The first-order chi connectivity index (χ1) is 20.2. The summed E-state index contributed by atoms with van der Waals surface area (Å²) in [4.78, 5) is 12.5. The minimum atomic E-state index is 0.0462. The Bertz CT molecular complexity index is 1320. The highest BCUT2D eigenvalue weighted by atomic mass is 16.5. The summed E-state index contributed by atoms with van der Waals surface area (Å²) in [6, 6.07) is 36.7. The lowest BCUT2D eigenvalue weighted by Crippen LogP contribution is -2.01. The smallest absolute Gasteiger partial charge is 0.193 e. The van der Waals surface area contributed by atoms with E-state index in [1.807, 2.05) is 54.6 Å². The molecule has 0 spiro atoms. The van der Waals surface area contributed by atoms with E-state index in [-0.39, 0.29) is 5.78 Å². The summed E-state index contributed by atoms with van der Waals surface area (Å²) in [7, 11) is 0. The quantitative estimate of drug-likeness (QED) is 0.0976. The molecule has 0 saturated carbocycles. The van der Waals surface area contributed by atoms with Crippen molar-refractivity contribution in [2.45, 2.75) is 71.1 Å². The molecule has 2 nitrogen and oxygen atoms in total. The van der Waals surface area contributed by atoms with Crippen molar-refractivity contribution in [3.63, 3.8) is 0 Å². The molecule has 2 heteroatoms. The molecule has 0 aliphatic carbocycles. The van der Waals surface area contributed by atoms with Crippen LogP contribution < -0.4 is 4.74 Å². The van der Waals surface area contributed by atoms with Crippen LogP contribution in [0.15, 0.2) is 115 Å². The zero-order valence-corrected chi connectivity index (χ0v) is 24.6. The van der Waals surface area contributed by atoms with Crippen LogP contribution in [0.4, 0.5) is 0 Å². The van der Waals surface area contributed by atoms with Gasteiger partial charge in [-0.15, -0.1) is 0 Å². The van der Waals surface area contributed by atoms with Crippen molar-refractivity contribution in [1.29, 1.82) is 0 Å². The summed E-state index contributed by atoms with van der Waals surface area (Å²) in [5, 5.41) is 0. The second kappa shape index (κ2) is 17.0. The van der Waals surface area contributed by atoms with Gasteiger partial charge in [0.25, 0.3) is 0 Å². The lowest BCUT2D eigenvalue weighted by atomic mass is 9.96. The van der Waals surface area contributed by atoms with E-state index in [1.54, 1.807) is 0 Å². The third-order valence-corrected chi connectivity index (χ3v) is 7.67. The molecule has 0 N–H and O–H groups in total. The Labute approximate surface area is 247 Å². The maximum Gasteiger partial charge on any atom is 0.193 e. The number of aryl methyl sites for hydroxylation is 1. The Morgan fingerprint density at radius 1 is 0.537 bits per heavy atom. The summed E-state index contributed by atoms with van der Waals surface area (Å²) in [5.41, 5.74) is 6.71. The van der Waals surface area contributed by atoms with Gasteiger partial charge in [-0.05, 0) is 72.7 Å². The fourth-order valence-corrected chi connectivity index (χ4v) is 5.29. The molecule has 0 aliphatic heterocycles. The fourth-order valence-electron chi connectivity index (χ4n) is 5.29. The molecule has 0 saturated heterocycles. The highest BCUT2D eigenvalue weighted by molar-refractivity contribution is 6.08. The van der Waals surface area contributed by atoms with Crippen LogP contribution in [0, 0.1) is 0 Å². The minimum Gasteiger partial charge on any atom is -0.494 e. The number of carbonyl (C=O) groups is 1. The van der Waals surface area contributed by atoms with E-state index < -0.39 is 0 Å². The number of hydrogen-bond acceptors (Lipinski definition) is 2. The second-order valence-electron chi connectivity index (χ2n) is 10.8. The van der Waals surface area contributed by atoms with Crippen LogP contribution in [0.3, 0.4) is 0 Å². The standard InChI is InChI=1S/C39H44O2/c1-2-38(33-19-13-10-14-20-33)34-25-23-32(24-26-34)18-12-8-6-4-3-5-7-9-17-31-41-37-29-27-36(28-30-37)39(40)35-21-15-11-16-22-35/h2,10-11,13-16,19-30H,3-9,12,17-18,31H2,1H3/b38-2+. The molecule has 0 aliphatic rings. The average Bonchev–Trinajstić information content (AvgIpc) is 3.03. The fraction of sp³-hybridized carbons (Fsp3) is 0.308. The van der Waals surface area contributed by atoms with E-state index in [4.69, 9.17) is 4.74 Å². The predicted molar refractivity (Wildman–Crippen MR) is 173 cm³/mol. The second-order valence-corrected chi connectivity index (χ2v) is 10.8. The van der Waals surface area contributed by atoms with Gasteiger partial charge in [0, 0.05) is 11.1 Å². The highest BCUT2D eigenvalue weighted by Gasteiger charge is 2.08. The molecule has 0 bridgehead atoms. The highest BCUT2D eigenvalue weighted by Crippen LogP contribution is 2.24. The lowest BCUT2D eigenvalue weighted by Gasteiger charge is -2.09. The van der Waals surface area contributed by atoms with Crippen molar-refractivity contribution < 1.29 is 9.53 Å². The van der Waals surface area contributed by atoms with Gasteiger partial charge in [-0.1, -0.05) is 136 Å². The SMILES string of the molecule is C/C=C(\c1ccccc1)c1ccc(CCCCCCCCCCCOc2ccc(C(=O)c3ccccc3)cc2)cc1. The van der Waals surface area contributed by atoms with Crippen molar-refractivity contribution in [1.82, 2.24) is 0 Å². The number of ether oxygens (including phenoxy) is 1. The van der Waals surface area contributed by atoms with Crippen LogP contribution in [0.1, 0.15) is 97.3 Å². The molecular weight excluding hydrogens is 500 g/mol. The Kier molecular flexibility index (Phi) is 12.5.